The number of rotatable bonds is 4. The second-order valence-corrected chi connectivity index (χ2v) is 4.39. The van der Waals surface area contributed by atoms with E-state index in [1.165, 1.54) is 0 Å². The van der Waals surface area contributed by atoms with Crippen LogP contribution in [-0.4, -0.2) is 41.0 Å². The quantitative estimate of drug-likeness (QED) is 0.767. The number of carbonyl (C=O) groups excluding carboxylic acids is 1. The predicted octanol–water partition coefficient (Wildman–Crippen LogP) is 0.337. The van der Waals surface area contributed by atoms with Gasteiger partial charge in [0.2, 0.25) is 5.69 Å². The molecule has 0 saturated carbocycles. The van der Waals surface area contributed by atoms with E-state index < -0.39 is 5.97 Å². The number of carbonyl (C=O) groups is 1. The normalized spacial score (nSPS) is 17.4. The summed E-state index contributed by atoms with van der Waals surface area (Å²) >= 11 is 0. The van der Waals surface area contributed by atoms with E-state index in [9.17, 15) is 4.79 Å². The van der Waals surface area contributed by atoms with Gasteiger partial charge in [-0.2, -0.15) is 5.10 Å². The van der Waals surface area contributed by atoms with Crippen molar-refractivity contribution in [3.05, 3.63) is 11.9 Å². The van der Waals surface area contributed by atoms with Crippen molar-refractivity contribution in [3.63, 3.8) is 0 Å². The van der Waals surface area contributed by atoms with Gasteiger partial charge in [0.25, 0.3) is 0 Å². The molecule has 0 bridgehead atoms. The van der Waals surface area contributed by atoms with Crippen molar-refractivity contribution in [2.75, 3.05) is 19.7 Å². The Bertz CT molecular complexity index is 424. The van der Waals surface area contributed by atoms with E-state index in [4.69, 9.17) is 9.47 Å². The second-order valence-electron chi connectivity index (χ2n) is 4.39. The van der Waals surface area contributed by atoms with Gasteiger partial charge in [0, 0.05) is 20.1 Å². The number of esters is 1. The van der Waals surface area contributed by atoms with Gasteiger partial charge in [-0.25, -0.2) is 4.79 Å². The van der Waals surface area contributed by atoms with Crippen LogP contribution in [0.5, 0.6) is 5.75 Å². The first-order chi connectivity index (χ1) is 8.04. The van der Waals surface area contributed by atoms with Crippen LogP contribution >= 0.6 is 0 Å². The van der Waals surface area contributed by atoms with Crippen LogP contribution in [0.25, 0.3) is 0 Å². The minimum atomic E-state index is -0.445. The first-order valence-electron chi connectivity index (χ1n) is 5.64. The van der Waals surface area contributed by atoms with E-state index in [1.807, 2.05) is 6.92 Å². The Morgan fingerprint density at radius 3 is 2.88 bits per heavy atom. The molecule has 0 aromatic carbocycles. The highest BCUT2D eigenvalue weighted by molar-refractivity contribution is 5.90. The topological polar surface area (TPSA) is 65.4 Å². The molecule has 1 aromatic rings. The molecule has 0 radical (unpaired) electrons. The van der Waals surface area contributed by atoms with Gasteiger partial charge in [-0.05, 0) is 13.8 Å². The van der Waals surface area contributed by atoms with Crippen LogP contribution in [0.1, 0.15) is 24.3 Å². The third-order valence-corrected chi connectivity index (χ3v) is 2.62. The zero-order valence-corrected chi connectivity index (χ0v) is 10.3. The van der Waals surface area contributed by atoms with Crippen molar-refractivity contribution >= 4 is 5.97 Å². The lowest BCUT2D eigenvalue weighted by Crippen LogP contribution is -2.61. The fraction of sp³-hybridized carbons (Fsp3) is 0.636. The Labute approximate surface area is 99.9 Å². The van der Waals surface area contributed by atoms with Crippen molar-refractivity contribution in [1.29, 1.82) is 0 Å². The first kappa shape index (κ1) is 11.9. The van der Waals surface area contributed by atoms with E-state index in [0.717, 1.165) is 13.1 Å². The molecule has 0 atom stereocenters. The largest absolute Gasteiger partial charge is 0.481 e. The van der Waals surface area contributed by atoms with Crippen LogP contribution in [0.3, 0.4) is 0 Å². The molecule has 1 aromatic heterocycles. The van der Waals surface area contributed by atoms with Gasteiger partial charge in [0.1, 0.15) is 5.60 Å². The average molecular weight is 239 g/mol. The summed E-state index contributed by atoms with van der Waals surface area (Å²) < 4.78 is 12.3. The van der Waals surface area contributed by atoms with Crippen LogP contribution in [0.4, 0.5) is 0 Å². The third kappa shape index (κ3) is 2.41. The fourth-order valence-corrected chi connectivity index (χ4v) is 1.70. The van der Waals surface area contributed by atoms with Crippen molar-refractivity contribution in [1.82, 2.24) is 15.1 Å². The first-order valence-corrected chi connectivity index (χ1v) is 5.64. The number of aryl methyl sites for hydroxylation is 1. The number of nitrogens with zero attached hydrogens (tertiary/aromatic N) is 2. The standard InChI is InChI=1S/C11H17N3O3/c1-4-16-10(15)9-8(5-14(3)13-9)17-11(2)6-12-7-11/h5,12H,4,6-7H2,1-3H3. The maximum absolute atomic E-state index is 11.7. The van der Waals surface area contributed by atoms with Gasteiger partial charge >= 0.3 is 5.97 Å². The monoisotopic (exact) mass is 239 g/mol. The maximum atomic E-state index is 11.7. The highest BCUT2D eigenvalue weighted by Gasteiger charge is 2.36. The molecule has 0 spiro atoms. The molecular weight excluding hydrogens is 222 g/mol. The third-order valence-electron chi connectivity index (χ3n) is 2.62. The molecule has 0 unspecified atom stereocenters. The Morgan fingerprint density at radius 2 is 2.35 bits per heavy atom. The highest BCUT2D eigenvalue weighted by atomic mass is 16.5. The van der Waals surface area contributed by atoms with Crippen LogP contribution in [0.2, 0.25) is 0 Å². The van der Waals surface area contributed by atoms with E-state index in [-0.39, 0.29) is 11.3 Å². The van der Waals surface area contributed by atoms with Crippen molar-refractivity contribution in [3.8, 4) is 5.75 Å². The maximum Gasteiger partial charge on any atom is 0.362 e. The summed E-state index contributed by atoms with van der Waals surface area (Å²) in [5.41, 5.74) is -0.0212. The molecule has 1 N–H and O–H groups in total. The summed E-state index contributed by atoms with van der Waals surface area (Å²) in [6.07, 6.45) is 1.69. The lowest BCUT2D eigenvalue weighted by molar-refractivity contribution is 0.0307. The lowest BCUT2D eigenvalue weighted by atomic mass is 10.00. The van der Waals surface area contributed by atoms with Crippen molar-refractivity contribution in [2.24, 2.45) is 7.05 Å². The van der Waals surface area contributed by atoms with E-state index in [0.29, 0.717) is 12.4 Å². The molecule has 6 nitrogen and oxygen atoms in total. The van der Waals surface area contributed by atoms with Crippen molar-refractivity contribution in [2.45, 2.75) is 19.4 Å². The molecule has 2 rings (SSSR count). The molecule has 94 valence electrons. The zero-order valence-electron chi connectivity index (χ0n) is 10.3. The molecule has 1 aliphatic heterocycles. The van der Waals surface area contributed by atoms with E-state index in [2.05, 4.69) is 10.4 Å². The molecule has 1 fully saturated rings. The Balaban J connectivity index is 2.18. The summed E-state index contributed by atoms with van der Waals surface area (Å²) in [4.78, 5) is 11.7. The van der Waals surface area contributed by atoms with Crippen LogP contribution in [-0.2, 0) is 11.8 Å². The number of aromatic nitrogens is 2. The predicted molar refractivity (Wildman–Crippen MR) is 61.1 cm³/mol. The molecule has 2 heterocycles. The highest BCUT2D eigenvalue weighted by Crippen LogP contribution is 2.25. The van der Waals surface area contributed by atoms with E-state index in [1.54, 1.807) is 24.9 Å². The molecular formula is C11H17N3O3. The molecule has 1 saturated heterocycles. The zero-order chi connectivity index (χ0) is 12.5. The summed E-state index contributed by atoms with van der Waals surface area (Å²) in [5.74, 6) is 0.0360. The fourth-order valence-electron chi connectivity index (χ4n) is 1.70. The minimum Gasteiger partial charge on any atom is -0.481 e. The van der Waals surface area contributed by atoms with Gasteiger partial charge in [-0.3, -0.25) is 4.68 Å². The van der Waals surface area contributed by atoms with Gasteiger partial charge in [0.15, 0.2) is 5.75 Å². The summed E-state index contributed by atoms with van der Waals surface area (Å²) in [6.45, 7) is 5.62. The van der Waals surface area contributed by atoms with Gasteiger partial charge in [-0.1, -0.05) is 0 Å². The average Bonchev–Trinajstić information content (AvgIpc) is 2.57. The SMILES string of the molecule is CCOC(=O)c1nn(C)cc1OC1(C)CNC1. The molecule has 17 heavy (non-hydrogen) atoms. The second kappa shape index (κ2) is 4.37. The number of nitrogens with one attached hydrogen (secondary N) is 1. The van der Waals surface area contributed by atoms with Gasteiger partial charge in [-0.15, -0.1) is 0 Å². The summed E-state index contributed by atoms with van der Waals surface area (Å²) in [6, 6.07) is 0. The smallest absolute Gasteiger partial charge is 0.362 e. The molecule has 0 aliphatic carbocycles. The van der Waals surface area contributed by atoms with Crippen LogP contribution in [0, 0.1) is 0 Å². The molecule has 6 heteroatoms. The Hall–Kier alpha value is -1.56. The number of hydrogen-bond acceptors (Lipinski definition) is 5. The van der Waals surface area contributed by atoms with Crippen LogP contribution in [0.15, 0.2) is 6.20 Å². The lowest BCUT2D eigenvalue weighted by Gasteiger charge is -2.39. The Morgan fingerprint density at radius 1 is 1.65 bits per heavy atom. The van der Waals surface area contributed by atoms with E-state index >= 15 is 0 Å². The van der Waals surface area contributed by atoms with Crippen LogP contribution < -0.4 is 10.1 Å². The molecule has 1 aliphatic rings. The number of ether oxygens (including phenoxy) is 2. The minimum absolute atomic E-state index is 0.238. The van der Waals surface area contributed by atoms with Gasteiger partial charge in [0.05, 0.1) is 12.8 Å². The van der Waals surface area contributed by atoms with Gasteiger partial charge < -0.3 is 14.8 Å². The molecule has 0 amide bonds. The Kier molecular flexibility index (Phi) is 3.06. The summed E-state index contributed by atoms with van der Waals surface area (Å²) in [5, 5.41) is 7.20. The summed E-state index contributed by atoms with van der Waals surface area (Å²) in [7, 11) is 1.75. The van der Waals surface area contributed by atoms with Crippen molar-refractivity contribution < 1.29 is 14.3 Å². The number of hydrogen-bond donors (Lipinski definition) is 1.